The Hall–Kier alpha value is -1.65. The van der Waals surface area contributed by atoms with E-state index in [-0.39, 0.29) is 11.5 Å². The van der Waals surface area contributed by atoms with Crippen LogP contribution in [0.25, 0.3) is 11.0 Å². The molecular weight excluding hydrogens is 204 g/mol. The fourth-order valence-corrected chi connectivity index (χ4v) is 1.86. The normalized spacial score (nSPS) is 11.6. The predicted octanol–water partition coefficient (Wildman–Crippen LogP) is 1.27. The zero-order chi connectivity index (χ0) is 11.9. The molecule has 0 aliphatic carbocycles. The molecule has 5 heteroatoms. The van der Waals surface area contributed by atoms with E-state index < -0.39 is 0 Å². The summed E-state index contributed by atoms with van der Waals surface area (Å²) in [4.78, 5) is 16.6. The summed E-state index contributed by atoms with van der Waals surface area (Å²) < 4.78 is 3.36. The van der Waals surface area contributed by atoms with Gasteiger partial charge < -0.3 is 0 Å². The lowest BCUT2D eigenvalue weighted by Gasteiger charge is -2.10. The van der Waals surface area contributed by atoms with Crippen LogP contribution in [0.5, 0.6) is 0 Å². The Morgan fingerprint density at radius 1 is 1.44 bits per heavy atom. The highest BCUT2D eigenvalue weighted by Gasteiger charge is 2.14. The van der Waals surface area contributed by atoms with Crippen LogP contribution in [-0.4, -0.2) is 19.3 Å². The minimum Gasteiger partial charge on any atom is -0.299 e. The fourth-order valence-electron chi connectivity index (χ4n) is 1.86. The van der Waals surface area contributed by atoms with Gasteiger partial charge in [0.25, 0.3) is 5.56 Å². The van der Waals surface area contributed by atoms with Gasteiger partial charge in [-0.3, -0.25) is 9.36 Å². The highest BCUT2D eigenvalue weighted by Crippen LogP contribution is 2.13. The van der Waals surface area contributed by atoms with Crippen molar-refractivity contribution in [1.82, 2.24) is 19.3 Å². The summed E-state index contributed by atoms with van der Waals surface area (Å²) >= 11 is 0. The van der Waals surface area contributed by atoms with Gasteiger partial charge in [-0.1, -0.05) is 13.8 Å². The van der Waals surface area contributed by atoms with Gasteiger partial charge in [0.1, 0.15) is 11.2 Å². The van der Waals surface area contributed by atoms with Gasteiger partial charge in [-0.25, -0.2) is 9.67 Å². The molecule has 0 amide bonds. The Morgan fingerprint density at radius 2 is 2.12 bits per heavy atom. The minimum atomic E-state index is -0.0200. The highest BCUT2D eigenvalue weighted by atomic mass is 16.1. The van der Waals surface area contributed by atoms with E-state index >= 15 is 0 Å². The first-order valence-corrected chi connectivity index (χ1v) is 5.48. The van der Waals surface area contributed by atoms with Crippen LogP contribution < -0.4 is 5.56 Å². The van der Waals surface area contributed by atoms with Crippen molar-refractivity contribution >= 4 is 11.0 Å². The molecule has 0 atom stereocenters. The number of aromatic nitrogens is 4. The standard InChI is InChI=1S/C11H16N4O/c1-5-15-10-8(6-12-15)11(16)14(4)9(13-10)7(2)3/h6-7H,5H2,1-4H3. The average Bonchev–Trinajstić information content (AvgIpc) is 2.65. The van der Waals surface area contributed by atoms with Gasteiger partial charge in [0.05, 0.1) is 6.20 Å². The molecule has 0 N–H and O–H groups in total. The van der Waals surface area contributed by atoms with Crippen LogP contribution in [0.2, 0.25) is 0 Å². The monoisotopic (exact) mass is 220 g/mol. The fraction of sp³-hybridized carbons (Fsp3) is 0.545. The van der Waals surface area contributed by atoms with Crippen molar-refractivity contribution in [3.05, 3.63) is 22.4 Å². The first-order valence-electron chi connectivity index (χ1n) is 5.48. The Labute approximate surface area is 93.7 Å². The van der Waals surface area contributed by atoms with Gasteiger partial charge >= 0.3 is 0 Å². The molecule has 0 spiro atoms. The van der Waals surface area contributed by atoms with E-state index in [0.717, 1.165) is 12.4 Å². The minimum absolute atomic E-state index is 0.0200. The number of fused-ring (bicyclic) bond motifs is 1. The van der Waals surface area contributed by atoms with Gasteiger partial charge in [-0.2, -0.15) is 5.10 Å². The van der Waals surface area contributed by atoms with Crippen LogP contribution in [0, 0.1) is 0 Å². The molecule has 2 rings (SSSR count). The molecule has 2 heterocycles. The molecule has 0 bridgehead atoms. The summed E-state index contributed by atoms with van der Waals surface area (Å²) in [7, 11) is 1.76. The molecule has 5 nitrogen and oxygen atoms in total. The molecule has 2 aromatic rings. The molecule has 0 radical (unpaired) electrons. The maximum absolute atomic E-state index is 12.1. The molecule has 0 saturated heterocycles. The van der Waals surface area contributed by atoms with Crippen molar-refractivity contribution in [2.24, 2.45) is 7.05 Å². The van der Waals surface area contributed by atoms with Gasteiger partial charge in [0.2, 0.25) is 0 Å². The third kappa shape index (κ3) is 1.43. The van der Waals surface area contributed by atoms with Gasteiger partial charge in [0.15, 0.2) is 5.65 Å². The van der Waals surface area contributed by atoms with Crippen LogP contribution in [0.4, 0.5) is 0 Å². The topological polar surface area (TPSA) is 52.7 Å². The number of aryl methyl sites for hydroxylation is 1. The van der Waals surface area contributed by atoms with Gasteiger partial charge in [0, 0.05) is 19.5 Å². The first-order chi connectivity index (χ1) is 7.56. The van der Waals surface area contributed by atoms with Crippen molar-refractivity contribution in [2.45, 2.75) is 33.2 Å². The zero-order valence-electron chi connectivity index (χ0n) is 10.1. The first kappa shape index (κ1) is 10.9. The number of rotatable bonds is 2. The lowest BCUT2D eigenvalue weighted by atomic mass is 10.2. The van der Waals surface area contributed by atoms with Crippen molar-refractivity contribution in [3.63, 3.8) is 0 Å². The summed E-state index contributed by atoms with van der Waals surface area (Å²) in [6.45, 7) is 6.77. The Kier molecular flexibility index (Phi) is 2.53. The van der Waals surface area contributed by atoms with E-state index in [1.165, 1.54) is 0 Å². The third-order valence-electron chi connectivity index (χ3n) is 2.73. The smallest absolute Gasteiger partial charge is 0.264 e. The highest BCUT2D eigenvalue weighted by molar-refractivity contribution is 5.73. The molecule has 2 aromatic heterocycles. The van der Waals surface area contributed by atoms with E-state index in [2.05, 4.69) is 10.1 Å². The summed E-state index contributed by atoms with van der Waals surface area (Å²) in [5.41, 5.74) is 0.669. The molecular formula is C11H16N4O. The summed E-state index contributed by atoms with van der Waals surface area (Å²) in [6.07, 6.45) is 1.60. The molecule has 0 aliphatic heterocycles. The number of hydrogen-bond donors (Lipinski definition) is 0. The second-order valence-electron chi connectivity index (χ2n) is 4.19. The maximum atomic E-state index is 12.1. The van der Waals surface area contributed by atoms with E-state index in [4.69, 9.17) is 0 Å². The number of nitrogens with zero attached hydrogens (tertiary/aromatic N) is 4. The average molecular weight is 220 g/mol. The van der Waals surface area contributed by atoms with E-state index in [9.17, 15) is 4.79 Å². The summed E-state index contributed by atoms with van der Waals surface area (Å²) in [6, 6.07) is 0. The SMILES string of the molecule is CCn1ncc2c(=O)n(C)c(C(C)C)nc21. The Morgan fingerprint density at radius 3 is 2.69 bits per heavy atom. The van der Waals surface area contributed by atoms with Crippen LogP contribution in [0.1, 0.15) is 32.5 Å². The molecule has 0 aromatic carbocycles. The zero-order valence-corrected chi connectivity index (χ0v) is 10.1. The molecule has 0 fully saturated rings. The third-order valence-corrected chi connectivity index (χ3v) is 2.73. The van der Waals surface area contributed by atoms with Gasteiger partial charge in [-0.05, 0) is 6.92 Å². The van der Waals surface area contributed by atoms with E-state index in [0.29, 0.717) is 11.0 Å². The van der Waals surface area contributed by atoms with Gasteiger partial charge in [-0.15, -0.1) is 0 Å². The van der Waals surface area contributed by atoms with E-state index in [1.807, 2.05) is 20.8 Å². The predicted molar refractivity (Wildman–Crippen MR) is 62.5 cm³/mol. The lowest BCUT2D eigenvalue weighted by molar-refractivity contribution is 0.648. The number of hydrogen-bond acceptors (Lipinski definition) is 3. The maximum Gasteiger partial charge on any atom is 0.264 e. The Bertz CT molecular complexity index is 579. The molecule has 0 unspecified atom stereocenters. The molecule has 0 saturated carbocycles. The second-order valence-corrected chi connectivity index (χ2v) is 4.19. The largest absolute Gasteiger partial charge is 0.299 e. The lowest BCUT2D eigenvalue weighted by Crippen LogP contribution is -2.23. The van der Waals surface area contributed by atoms with Crippen molar-refractivity contribution in [3.8, 4) is 0 Å². The molecule has 16 heavy (non-hydrogen) atoms. The quantitative estimate of drug-likeness (QED) is 0.766. The second kappa shape index (κ2) is 3.73. The molecule has 86 valence electrons. The van der Waals surface area contributed by atoms with Crippen molar-refractivity contribution in [1.29, 1.82) is 0 Å². The summed E-state index contributed by atoms with van der Waals surface area (Å²) in [5.74, 6) is 1.02. The van der Waals surface area contributed by atoms with Crippen LogP contribution >= 0.6 is 0 Å². The van der Waals surface area contributed by atoms with Crippen molar-refractivity contribution in [2.75, 3.05) is 0 Å². The van der Waals surface area contributed by atoms with Crippen molar-refractivity contribution < 1.29 is 0 Å². The Balaban J connectivity index is 2.86. The van der Waals surface area contributed by atoms with Crippen LogP contribution in [0.3, 0.4) is 0 Å². The van der Waals surface area contributed by atoms with Crippen LogP contribution in [0.15, 0.2) is 11.0 Å². The van der Waals surface area contributed by atoms with Crippen LogP contribution in [-0.2, 0) is 13.6 Å². The molecule has 0 aliphatic rings. The summed E-state index contributed by atoms with van der Waals surface area (Å²) in [5, 5.41) is 4.75. The van der Waals surface area contributed by atoms with E-state index in [1.54, 1.807) is 22.5 Å².